The molecular weight excluding hydrogens is 252 g/mol. The molecule has 0 aromatic carbocycles. The lowest BCUT2D eigenvalue weighted by atomic mass is 10.1. The molecule has 1 heterocycles. The van der Waals surface area contributed by atoms with Crippen LogP contribution in [0.4, 0.5) is 14.5 Å². The number of ether oxygens (including phenoxy) is 1. The van der Waals surface area contributed by atoms with Gasteiger partial charge < -0.3 is 4.74 Å². The van der Waals surface area contributed by atoms with Crippen molar-refractivity contribution in [3.8, 4) is 6.07 Å². The van der Waals surface area contributed by atoms with Crippen molar-refractivity contribution >= 4 is 11.7 Å². The maximum atomic E-state index is 12.6. The Morgan fingerprint density at radius 1 is 1.67 bits per heavy atom. The topological polar surface area (TPSA) is 106 Å². The van der Waals surface area contributed by atoms with Gasteiger partial charge in [0.15, 0.2) is 11.4 Å². The first kappa shape index (κ1) is 13.4. The first-order valence-corrected chi connectivity index (χ1v) is 4.38. The van der Waals surface area contributed by atoms with E-state index in [1.165, 1.54) is 6.07 Å². The number of carbonyl (C=O) groups excluding carboxylic acids is 1. The Balaban J connectivity index is 3.60. The Kier molecular flexibility index (Phi) is 3.83. The second-order valence-corrected chi connectivity index (χ2v) is 2.95. The quantitative estimate of drug-likeness (QED) is 0.462. The van der Waals surface area contributed by atoms with Crippen molar-refractivity contribution in [3.05, 3.63) is 33.1 Å². The minimum atomic E-state index is -3.25. The number of methoxy groups -OCH3 is 1. The smallest absolute Gasteiger partial charge is 0.356 e. The summed E-state index contributed by atoms with van der Waals surface area (Å²) < 4.78 is 29.5. The van der Waals surface area contributed by atoms with Gasteiger partial charge in [0.2, 0.25) is 0 Å². The number of pyridine rings is 1. The zero-order valence-corrected chi connectivity index (χ0v) is 8.89. The number of rotatable bonds is 3. The third-order valence-electron chi connectivity index (χ3n) is 1.95. The largest absolute Gasteiger partial charge is 0.464 e. The van der Waals surface area contributed by atoms with Crippen molar-refractivity contribution in [1.29, 1.82) is 5.26 Å². The van der Waals surface area contributed by atoms with Gasteiger partial charge in [0.05, 0.1) is 12.0 Å². The van der Waals surface area contributed by atoms with Crippen LogP contribution in [-0.4, -0.2) is 23.0 Å². The van der Waals surface area contributed by atoms with Crippen LogP contribution in [0.5, 0.6) is 0 Å². The highest BCUT2D eigenvalue weighted by Crippen LogP contribution is 2.31. The number of alkyl halides is 2. The van der Waals surface area contributed by atoms with Gasteiger partial charge in [-0.2, -0.15) is 5.26 Å². The fourth-order valence-corrected chi connectivity index (χ4v) is 1.20. The van der Waals surface area contributed by atoms with Gasteiger partial charge in [0.1, 0.15) is 11.6 Å². The van der Waals surface area contributed by atoms with Crippen LogP contribution in [0.3, 0.4) is 0 Å². The SMILES string of the molecule is COC(=O)c1cc([N+](=O)[O-])c(C(F)F)c(C#N)n1. The Labute approximate surface area is 98.8 Å². The van der Waals surface area contributed by atoms with Crippen LogP contribution in [0, 0.1) is 21.4 Å². The third-order valence-corrected chi connectivity index (χ3v) is 1.95. The van der Waals surface area contributed by atoms with Crippen LogP contribution in [0.1, 0.15) is 28.2 Å². The Morgan fingerprint density at radius 2 is 2.28 bits per heavy atom. The molecule has 0 radical (unpaired) electrons. The van der Waals surface area contributed by atoms with Gasteiger partial charge in [-0.05, 0) is 0 Å². The van der Waals surface area contributed by atoms with E-state index in [-0.39, 0.29) is 0 Å². The molecule has 0 unspecified atom stereocenters. The summed E-state index contributed by atoms with van der Waals surface area (Å²) in [4.78, 5) is 24.0. The maximum Gasteiger partial charge on any atom is 0.356 e. The molecule has 1 aromatic rings. The number of nitrogens with zero attached hydrogens (tertiary/aromatic N) is 3. The predicted molar refractivity (Wildman–Crippen MR) is 51.9 cm³/mol. The van der Waals surface area contributed by atoms with Crippen molar-refractivity contribution in [2.75, 3.05) is 7.11 Å². The molecule has 9 heteroatoms. The maximum absolute atomic E-state index is 12.6. The van der Waals surface area contributed by atoms with Gasteiger partial charge in [-0.25, -0.2) is 18.6 Å². The molecule has 0 aliphatic heterocycles. The zero-order chi connectivity index (χ0) is 13.9. The molecule has 0 amide bonds. The van der Waals surface area contributed by atoms with Crippen LogP contribution in [0.2, 0.25) is 0 Å². The van der Waals surface area contributed by atoms with Crippen molar-refractivity contribution in [1.82, 2.24) is 4.98 Å². The van der Waals surface area contributed by atoms with Crippen molar-refractivity contribution < 1.29 is 23.2 Å². The Hall–Kier alpha value is -2.63. The molecule has 1 aromatic heterocycles. The number of nitriles is 1. The van der Waals surface area contributed by atoms with E-state index in [0.29, 0.717) is 6.07 Å². The van der Waals surface area contributed by atoms with E-state index in [2.05, 4.69) is 9.72 Å². The molecule has 0 saturated carbocycles. The molecule has 0 fully saturated rings. The minimum absolute atomic E-state index is 0.550. The fourth-order valence-electron chi connectivity index (χ4n) is 1.20. The standard InChI is InChI=1S/C9H5F2N3O4/c1-18-9(15)4-2-6(14(16)17)7(8(10)11)5(3-12)13-4/h2,8H,1H3. The molecule has 0 bridgehead atoms. The summed E-state index contributed by atoms with van der Waals surface area (Å²) in [5.41, 5.74) is -3.61. The van der Waals surface area contributed by atoms with Crippen LogP contribution in [0.25, 0.3) is 0 Å². The minimum Gasteiger partial charge on any atom is -0.464 e. The van der Waals surface area contributed by atoms with Crippen LogP contribution < -0.4 is 0 Å². The predicted octanol–water partition coefficient (Wildman–Crippen LogP) is 1.59. The summed E-state index contributed by atoms with van der Waals surface area (Å²) in [6, 6.07) is 1.84. The van der Waals surface area contributed by atoms with Gasteiger partial charge in [0, 0.05) is 6.07 Å². The van der Waals surface area contributed by atoms with E-state index in [1.54, 1.807) is 0 Å². The van der Waals surface area contributed by atoms with E-state index in [0.717, 1.165) is 7.11 Å². The fraction of sp³-hybridized carbons (Fsp3) is 0.222. The van der Waals surface area contributed by atoms with E-state index < -0.39 is 40.0 Å². The third kappa shape index (κ3) is 2.37. The lowest BCUT2D eigenvalue weighted by Gasteiger charge is -2.05. The summed E-state index contributed by atoms with van der Waals surface area (Å²) in [5, 5.41) is 19.3. The van der Waals surface area contributed by atoms with Crippen molar-refractivity contribution in [2.45, 2.75) is 6.43 Å². The monoisotopic (exact) mass is 257 g/mol. The lowest BCUT2D eigenvalue weighted by Crippen LogP contribution is -2.10. The molecule has 0 spiro atoms. The van der Waals surface area contributed by atoms with Crippen LogP contribution in [0.15, 0.2) is 6.07 Å². The number of nitro groups is 1. The second kappa shape index (κ2) is 5.13. The molecule has 0 N–H and O–H groups in total. The van der Waals surface area contributed by atoms with Gasteiger partial charge in [-0.1, -0.05) is 0 Å². The van der Waals surface area contributed by atoms with Gasteiger partial charge in [-0.15, -0.1) is 0 Å². The zero-order valence-electron chi connectivity index (χ0n) is 8.89. The molecule has 0 atom stereocenters. The molecule has 0 aliphatic rings. The van der Waals surface area contributed by atoms with E-state index >= 15 is 0 Å². The van der Waals surface area contributed by atoms with Gasteiger partial charge >= 0.3 is 5.97 Å². The highest BCUT2D eigenvalue weighted by Gasteiger charge is 2.29. The first-order chi connectivity index (χ1) is 8.42. The van der Waals surface area contributed by atoms with Gasteiger partial charge in [-0.3, -0.25) is 10.1 Å². The average Bonchev–Trinajstić information content (AvgIpc) is 2.35. The molecule has 0 saturated heterocycles. The Bertz CT molecular complexity index is 553. The summed E-state index contributed by atoms with van der Waals surface area (Å²) >= 11 is 0. The van der Waals surface area contributed by atoms with E-state index in [9.17, 15) is 23.7 Å². The molecule has 18 heavy (non-hydrogen) atoms. The number of hydrogen-bond acceptors (Lipinski definition) is 6. The highest BCUT2D eigenvalue weighted by atomic mass is 19.3. The number of halogens is 2. The number of esters is 1. The summed E-state index contributed by atoms with van der Waals surface area (Å²) in [5.74, 6) is -1.06. The number of aromatic nitrogens is 1. The van der Waals surface area contributed by atoms with Crippen molar-refractivity contribution in [2.24, 2.45) is 0 Å². The Morgan fingerprint density at radius 3 is 2.67 bits per heavy atom. The molecule has 1 rings (SSSR count). The van der Waals surface area contributed by atoms with E-state index in [1.807, 2.05) is 0 Å². The van der Waals surface area contributed by atoms with Crippen LogP contribution in [-0.2, 0) is 4.74 Å². The molecule has 94 valence electrons. The summed E-state index contributed by atoms with van der Waals surface area (Å²) in [6.07, 6.45) is -3.25. The summed E-state index contributed by atoms with van der Waals surface area (Å²) in [7, 11) is 0.989. The normalized spacial score (nSPS) is 9.94. The van der Waals surface area contributed by atoms with Crippen molar-refractivity contribution in [3.63, 3.8) is 0 Å². The second-order valence-electron chi connectivity index (χ2n) is 2.95. The first-order valence-electron chi connectivity index (χ1n) is 4.38. The number of hydrogen-bond donors (Lipinski definition) is 0. The highest BCUT2D eigenvalue weighted by molar-refractivity contribution is 5.88. The number of carbonyl (C=O) groups is 1. The molecule has 7 nitrogen and oxygen atoms in total. The molecule has 0 aliphatic carbocycles. The lowest BCUT2D eigenvalue weighted by molar-refractivity contribution is -0.386. The average molecular weight is 257 g/mol. The van der Waals surface area contributed by atoms with Gasteiger partial charge in [0.25, 0.3) is 12.1 Å². The van der Waals surface area contributed by atoms with Crippen LogP contribution >= 0.6 is 0 Å². The summed E-state index contributed by atoms with van der Waals surface area (Å²) in [6.45, 7) is 0. The molecular formula is C9H5F2N3O4. The van der Waals surface area contributed by atoms with E-state index in [4.69, 9.17) is 5.26 Å².